The van der Waals surface area contributed by atoms with Crippen molar-refractivity contribution >= 4 is 58.7 Å². The summed E-state index contributed by atoms with van der Waals surface area (Å²) in [5.41, 5.74) is 4.78. The van der Waals surface area contributed by atoms with Gasteiger partial charge in [-0.2, -0.15) is 4.37 Å². The zero-order valence-corrected chi connectivity index (χ0v) is 14.9. The van der Waals surface area contributed by atoms with Gasteiger partial charge in [-0.05, 0) is 17.8 Å². The van der Waals surface area contributed by atoms with E-state index in [0.717, 1.165) is 4.34 Å². The highest BCUT2D eigenvalue weighted by Crippen LogP contribution is 2.44. The molecule has 0 spiro atoms. The Hall–Kier alpha value is -0.490. The van der Waals surface area contributed by atoms with Gasteiger partial charge >= 0.3 is 5.97 Å². The molecule has 2 aliphatic rings. The summed E-state index contributed by atoms with van der Waals surface area (Å²) < 4.78 is 4.92. The van der Waals surface area contributed by atoms with E-state index in [0.29, 0.717) is 16.7 Å². The SMILES string of the molecule is CSc1nsc(SCC2(C(=O)O)CS[C@@H]3C(N)C(=O)N3C2)n1. The Morgan fingerprint density at radius 3 is 3.05 bits per heavy atom. The first kappa shape index (κ1) is 16.4. The standard InChI is InChI=1S/C11H14N4O3S4/c1-19-9-13-10(22-14-9)21-4-11(8(17)18)2-15-6(16)5(12)7(15)20-3-11/h5,7H,2-4,12H2,1H3,(H,17,18)/t5?,7-,11?/m1/s1. The summed E-state index contributed by atoms with van der Waals surface area (Å²) in [7, 11) is 0. The fourth-order valence-corrected chi connectivity index (χ4v) is 6.36. The van der Waals surface area contributed by atoms with Gasteiger partial charge in [-0.25, -0.2) is 4.98 Å². The van der Waals surface area contributed by atoms with Gasteiger partial charge < -0.3 is 15.7 Å². The van der Waals surface area contributed by atoms with E-state index in [1.165, 1.54) is 46.8 Å². The number of carboxylic acids is 1. The number of nitrogens with two attached hydrogens (primary N) is 1. The van der Waals surface area contributed by atoms with Gasteiger partial charge in [0.1, 0.15) is 16.8 Å². The number of carboxylic acid groups (broad SMARTS) is 1. The molecule has 7 nitrogen and oxygen atoms in total. The fourth-order valence-electron chi connectivity index (χ4n) is 2.35. The quantitative estimate of drug-likeness (QED) is 0.564. The third-order valence-electron chi connectivity index (χ3n) is 3.68. The lowest BCUT2D eigenvalue weighted by atomic mass is 9.89. The number of aliphatic carboxylic acids is 1. The van der Waals surface area contributed by atoms with Crippen molar-refractivity contribution in [2.45, 2.75) is 20.9 Å². The van der Waals surface area contributed by atoms with Gasteiger partial charge in [-0.15, -0.1) is 11.8 Å². The average Bonchev–Trinajstić information content (AvgIpc) is 2.99. The zero-order valence-electron chi connectivity index (χ0n) is 11.6. The summed E-state index contributed by atoms with van der Waals surface area (Å²) in [5, 5.41) is 10.3. The van der Waals surface area contributed by atoms with Crippen molar-refractivity contribution in [3.05, 3.63) is 0 Å². The van der Waals surface area contributed by atoms with Crippen LogP contribution in [0.4, 0.5) is 0 Å². The molecule has 0 bridgehead atoms. The zero-order chi connectivity index (χ0) is 15.9. The molecule has 0 saturated carbocycles. The van der Waals surface area contributed by atoms with Crippen LogP contribution in [0.15, 0.2) is 9.50 Å². The third-order valence-corrected chi connectivity index (χ3v) is 8.08. The van der Waals surface area contributed by atoms with E-state index in [9.17, 15) is 14.7 Å². The van der Waals surface area contributed by atoms with E-state index < -0.39 is 17.4 Å². The molecule has 0 radical (unpaired) electrons. The number of hydrogen-bond acceptors (Lipinski definition) is 9. The smallest absolute Gasteiger partial charge is 0.313 e. The lowest BCUT2D eigenvalue weighted by Crippen LogP contribution is -2.72. The van der Waals surface area contributed by atoms with Gasteiger partial charge in [-0.1, -0.05) is 23.5 Å². The molecule has 3 N–H and O–H groups in total. The molecule has 2 saturated heterocycles. The number of fused-ring (bicyclic) bond motifs is 1. The molecule has 3 atom stereocenters. The van der Waals surface area contributed by atoms with Crippen LogP contribution in [0.5, 0.6) is 0 Å². The Balaban J connectivity index is 1.70. The molecule has 3 rings (SSSR count). The molecule has 2 unspecified atom stereocenters. The van der Waals surface area contributed by atoms with Crippen LogP contribution in [0.2, 0.25) is 0 Å². The largest absolute Gasteiger partial charge is 0.481 e. The van der Waals surface area contributed by atoms with E-state index in [2.05, 4.69) is 9.36 Å². The molecule has 1 aromatic heterocycles. The minimum absolute atomic E-state index is 0.0744. The van der Waals surface area contributed by atoms with Crippen molar-refractivity contribution in [1.82, 2.24) is 14.3 Å². The summed E-state index contributed by atoms with van der Waals surface area (Å²) >= 11 is 5.57. The molecule has 1 aromatic rings. The summed E-state index contributed by atoms with van der Waals surface area (Å²) in [5.74, 6) is -0.224. The van der Waals surface area contributed by atoms with Crippen molar-refractivity contribution in [2.24, 2.45) is 11.1 Å². The molecular weight excluding hydrogens is 364 g/mol. The Kier molecular flexibility index (Phi) is 4.61. The third kappa shape index (κ3) is 2.73. The van der Waals surface area contributed by atoms with Gasteiger partial charge in [0.25, 0.3) is 0 Å². The number of aromatic nitrogens is 2. The lowest BCUT2D eigenvalue weighted by molar-refractivity contribution is -0.155. The van der Waals surface area contributed by atoms with Crippen LogP contribution < -0.4 is 5.73 Å². The highest BCUT2D eigenvalue weighted by Gasteiger charge is 2.55. The van der Waals surface area contributed by atoms with Crippen molar-refractivity contribution in [1.29, 1.82) is 0 Å². The molecule has 1 amide bonds. The topological polar surface area (TPSA) is 109 Å². The number of hydrogen-bond donors (Lipinski definition) is 2. The van der Waals surface area contributed by atoms with Crippen LogP contribution >= 0.6 is 46.8 Å². The Labute approximate surface area is 144 Å². The highest BCUT2D eigenvalue weighted by atomic mass is 32.2. The van der Waals surface area contributed by atoms with Crippen molar-refractivity contribution in [3.8, 4) is 0 Å². The molecular formula is C11H14N4O3S4. The normalized spacial score (nSPS) is 30.8. The molecule has 11 heteroatoms. The van der Waals surface area contributed by atoms with E-state index in [-0.39, 0.29) is 17.8 Å². The fraction of sp³-hybridized carbons (Fsp3) is 0.636. The second kappa shape index (κ2) is 6.19. The van der Waals surface area contributed by atoms with Crippen LogP contribution in [-0.2, 0) is 9.59 Å². The van der Waals surface area contributed by atoms with Crippen LogP contribution in [-0.4, -0.2) is 67.0 Å². The number of carbonyl (C=O) groups is 2. The minimum atomic E-state index is -0.965. The average molecular weight is 379 g/mol. The molecule has 3 heterocycles. The maximum Gasteiger partial charge on any atom is 0.313 e. The second-order valence-electron chi connectivity index (χ2n) is 5.11. The van der Waals surface area contributed by atoms with E-state index in [1.54, 1.807) is 4.90 Å². The van der Waals surface area contributed by atoms with Crippen molar-refractivity contribution in [2.75, 3.05) is 24.3 Å². The Morgan fingerprint density at radius 1 is 1.64 bits per heavy atom. The van der Waals surface area contributed by atoms with Crippen LogP contribution in [0, 0.1) is 5.41 Å². The number of thioether (sulfide) groups is 3. The van der Waals surface area contributed by atoms with E-state index in [1.807, 2.05) is 6.26 Å². The number of rotatable bonds is 5. The van der Waals surface area contributed by atoms with E-state index >= 15 is 0 Å². The number of nitrogens with zero attached hydrogens (tertiary/aromatic N) is 3. The first-order valence-corrected chi connectivity index (χ1v) is 10.4. The maximum absolute atomic E-state index is 11.8. The maximum atomic E-state index is 11.8. The molecule has 2 fully saturated rings. The van der Waals surface area contributed by atoms with Gasteiger partial charge in [0, 0.05) is 18.1 Å². The van der Waals surface area contributed by atoms with Gasteiger partial charge in [-0.3, -0.25) is 9.59 Å². The monoisotopic (exact) mass is 378 g/mol. The van der Waals surface area contributed by atoms with Gasteiger partial charge in [0.05, 0.1) is 0 Å². The second-order valence-corrected chi connectivity index (χ2v) is 8.97. The molecule has 0 aliphatic carbocycles. The molecule has 2 aliphatic heterocycles. The number of amides is 1. The molecule has 22 heavy (non-hydrogen) atoms. The Bertz CT molecular complexity index is 612. The molecule has 120 valence electrons. The summed E-state index contributed by atoms with van der Waals surface area (Å²) in [4.78, 5) is 29.5. The number of β-lactam (4-membered cyclic amide) rings is 1. The highest BCUT2D eigenvalue weighted by molar-refractivity contribution is 8.01. The summed E-state index contributed by atoms with van der Waals surface area (Å²) in [6, 6.07) is -0.489. The van der Waals surface area contributed by atoms with Crippen LogP contribution in [0.1, 0.15) is 0 Å². The van der Waals surface area contributed by atoms with Gasteiger partial charge in [0.15, 0.2) is 4.34 Å². The van der Waals surface area contributed by atoms with Crippen molar-refractivity contribution in [3.63, 3.8) is 0 Å². The van der Waals surface area contributed by atoms with Crippen molar-refractivity contribution < 1.29 is 14.7 Å². The predicted octanol–water partition coefficient (Wildman–Crippen LogP) is 0.665. The van der Waals surface area contributed by atoms with Crippen LogP contribution in [0.3, 0.4) is 0 Å². The summed E-state index contributed by atoms with van der Waals surface area (Å²) in [6.45, 7) is 0.216. The first-order valence-electron chi connectivity index (χ1n) is 6.38. The molecule has 0 aromatic carbocycles. The first-order chi connectivity index (χ1) is 10.5. The summed E-state index contributed by atoms with van der Waals surface area (Å²) in [6.07, 6.45) is 1.89. The number of carbonyl (C=O) groups excluding carboxylic acids is 1. The lowest BCUT2D eigenvalue weighted by Gasteiger charge is -2.52. The minimum Gasteiger partial charge on any atom is -0.481 e. The Morgan fingerprint density at radius 2 is 2.41 bits per heavy atom. The predicted molar refractivity (Wildman–Crippen MR) is 88.4 cm³/mol. The van der Waals surface area contributed by atoms with Gasteiger partial charge in [0.2, 0.25) is 11.1 Å². The van der Waals surface area contributed by atoms with E-state index in [4.69, 9.17) is 5.73 Å². The van der Waals surface area contributed by atoms with Crippen LogP contribution in [0.25, 0.3) is 0 Å².